The van der Waals surface area contributed by atoms with Crippen molar-refractivity contribution in [2.24, 2.45) is 0 Å². The summed E-state index contributed by atoms with van der Waals surface area (Å²) < 4.78 is 6.78. The van der Waals surface area contributed by atoms with Crippen LogP contribution < -0.4 is 0 Å². The van der Waals surface area contributed by atoms with E-state index in [-0.39, 0.29) is 11.6 Å². The maximum Gasteiger partial charge on any atom is 0.354 e. The van der Waals surface area contributed by atoms with E-state index in [1.807, 2.05) is 6.92 Å². The molecule has 5 nitrogen and oxygen atoms in total. The monoisotopic (exact) mass is 210 g/mol. The Kier molecular flexibility index (Phi) is 2.73. The number of nitrogens with zero attached hydrogens (tertiary/aromatic N) is 2. The first-order chi connectivity index (χ1) is 7.22. The zero-order chi connectivity index (χ0) is 10.8. The maximum atomic E-state index is 10.9. The summed E-state index contributed by atoms with van der Waals surface area (Å²) in [5.41, 5.74) is 1.10. The van der Waals surface area contributed by atoms with Gasteiger partial charge in [0.05, 0.1) is 12.3 Å². The molecule has 1 fully saturated rings. The van der Waals surface area contributed by atoms with E-state index >= 15 is 0 Å². The van der Waals surface area contributed by atoms with Gasteiger partial charge >= 0.3 is 5.97 Å². The third kappa shape index (κ3) is 1.87. The van der Waals surface area contributed by atoms with Crippen LogP contribution in [0.5, 0.6) is 0 Å². The van der Waals surface area contributed by atoms with Gasteiger partial charge < -0.3 is 9.84 Å². The lowest BCUT2D eigenvalue weighted by atomic mass is 10.1. The van der Waals surface area contributed by atoms with E-state index in [2.05, 4.69) is 5.10 Å². The molecule has 2 rings (SSSR count). The van der Waals surface area contributed by atoms with Crippen LogP contribution in [-0.4, -0.2) is 34.1 Å². The van der Waals surface area contributed by atoms with Crippen molar-refractivity contribution in [1.82, 2.24) is 9.78 Å². The standard InChI is InChI=1S/C10H14N2O3/c1-2-12-9(10(13)14)5-8(11-12)7-3-4-15-6-7/h5,7H,2-4,6H2,1H3,(H,13,14)/t7-/m0/s1. The van der Waals surface area contributed by atoms with Gasteiger partial charge in [-0.3, -0.25) is 4.68 Å². The molecule has 0 aromatic carbocycles. The normalized spacial score (nSPS) is 20.7. The van der Waals surface area contributed by atoms with Gasteiger partial charge in [-0.15, -0.1) is 0 Å². The van der Waals surface area contributed by atoms with Gasteiger partial charge in [0.15, 0.2) is 0 Å². The lowest BCUT2D eigenvalue weighted by molar-refractivity contribution is 0.0683. The summed E-state index contributed by atoms with van der Waals surface area (Å²) in [6.45, 7) is 3.86. The van der Waals surface area contributed by atoms with Gasteiger partial charge in [-0.2, -0.15) is 5.10 Å². The van der Waals surface area contributed by atoms with Crippen LogP contribution in [0, 0.1) is 0 Å². The van der Waals surface area contributed by atoms with Crippen LogP contribution in [0.4, 0.5) is 0 Å². The summed E-state index contributed by atoms with van der Waals surface area (Å²) >= 11 is 0. The summed E-state index contributed by atoms with van der Waals surface area (Å²) in [6, 6.07) is 1.66. The summed E-state index contributed by atoms with van der Waals surface area (Å²) in [7, 11) is 0. The van der Waals surface area contributed by atoms with Crippen LogP contribution in [-0.2, 0) is 11.3 Å². The summed E-state index contributed by atoms with van der Waals surface area (Å²) in [4.78, 5) is 10.9. The molecule has 82 valence electrons. The fraction of sp³-hybridized carbons (Fsp3) is 0.600. The lowest BCUT2D eigenvalue weighted by Crippen LogP contribution is -2.08. The first-order valence-electron chi connectivity index (χ1n) is 5.11. The summed E-state index contributed by atoms with van der Waals surface area (Å²) in [5, 5.41) is 13.2. The first kappa shape index (κ1) is 10.2. The molecule has 0 unspecified atom stereocenters. The number of carbonyl (C=O) groups is 1. The topological polar surface area (TPSA) is 64.4 Å². The predicted molar refractivity (Wildman–Crippen MR) is 53.0 cm³/mol. The summed E-state index contributed by atoms with van der Waals surface area (Å²) in [6.07, 6.45) is 0.930. The average molecular weight is 210 g/mol. The second-order valence-electron chi connectivity index (χ2n) is 3.64. The molecule has 0 saturated carbocycles. The van der Waals surface area contributed by atoms with E-state index in [1.165, 1.54) is 4.68 Å². The van der Waals surface area contributed by atoms with E-state index in [0.717, 1.165) is 18.7 Å². The smallest absolute Gasteiger partial charge is 0.354 e. The Morgan fingerprint density at radius 3 is 3.07 bits per heavy atom. The highest BCUT2D eigenvalue weighted by Crippen LogP contribution is 2.24. The minimum absolute atomic E-state index is 0.260. The molecule has 5 heteroatoms. The number of hydrogen-bond donors (Lipinski definition) is 1. The Balaban J connectivity index is 2.29. The van der Waals surface area contributed by atoms with Crippen LogP contribution in [0.1, 0.15) is 35.4 Å². The Bertz CT molecular complexity index is 367. The summed E-state index contributed by atoms with van der Waals surface area (Å²) in [5.74, 6) is -0.662. The van der Waals surface area contributed by atoms with Gasteiger partial charge in [-0.1, -0.05) is 0 Å². The molecular weight excluding hydrogens is 196 g/mol. The Hall–Kier alpha value is -1.36. The fourth-order valence-corrected chi connectivity index (χ4v) is 1.82. The van der Waals surface area contributed by atoms with E-state index in [4.69, 9.17) is 9.84 Å². The van der Waals surface area contributed by atoms with Crippen molar-refractivity contribution >= 4 is 5.97 Å². The van der Waals surface area contributed by atoms with Gasteiger partial charge in [0, 0.05) is 19.1 Å². The van der Waals surface area contributed by atoms with E-state index in [9.17, 15) is 4.79 Å². The number of hydrogen-bond acceptors (Lipinski definition) is 3. The molecule has 2 heterocycles. The highest BCUT2D eigenvalue weighted by atomic mass is 16.5. The predicted octanol–water partition coefficient (Wildman–Crippen LogP) is 1.11. The van der Waals surface area contributed by atoms with Crippen molar-refractivity contribution in [2.75, 3.05) is 13.2 Å². The van der Waals surface area contributed by atoms with E-state index in [0.29, 0.717) is 13.2 Å². The number of rotatable bonds is 3. The Labute approximate surface area is 87.7 Å². The van der Waals surface area contributed by atoms with Gasteiger partial charge in [0.25, 0.3) is 0 Å². The minimum atomic E-state index is -0.922. The molecule has 0 spiro atoms. The highest BCUT2D eigenvalue weighted by Gasteiger charge is 2.23. The number of aryl methyl sites for hydroxylation is 1. The number of aromatic carboxylic acids is 1. The van der Waals surface area contributed by atoms with Crippen molar-refractivity contribution in [3.05, 3.63) is 17.5 Å². The van der Waals surface area contributed by atoms with Crippen molar-refractivity contribution in [2.45, 2.75) is 25.8 Å². The molecule has 15 heavy (non-hydrogen) atoms. The number of carboxylic acids is 1. The van der Waals surface area contributed by atoms with Gasteiger partial charge in [0.2, 0.25) is 0 Å². The van der Waals surface area contributed by atoms with Gasteiger partial charge in [-0.05, 0) is 19.4 Å². The quantitative estimate of drug-likeness (QED) is 0.811. The van der Waals surface area contributed by atoms with Crippen LogP contribution in [0.3, 0.4) is 0 Å². The maximum absolute atomic E-state index is 10.9. The van der Waals surface area contributed by atoms with Crippen molar-refractivity contribution in [3.8, 4) is 0 Å². The molecule has 1 N–H and O–H groups in total. The Morgan fingerprint density at radius 1 is 1.80 bits per heavy atom. The number of carboxylic acid groups (broad SMARTS) is 1. The minimum Gasteiger partial charge on any atom is -0.477 e. The second kappa shape index (κ2) is 4.02. The Morgan fingerprint density at radius 2 is 2.60 bits per heavy atom. The molecule has 0 bridgehead atoms. The van der Waals surface area contributed by atoms with Crippen molar-refractivity contribution in [1.29, 1.82) is 0 Å². The molecule has 1 aromatic rings. The average Bonchev–Trinajstić information content (AvgIpc) is 2.86. The molecule has 1 aromatic heterocycles. The lowest BCUT2D eigenvalue weighted by Gasteiger charge is -2.01. The van der Waals surface area contributed by atoms with Crippen LogP contribution in [0.15, 0.2) is 6.07 Å². The second-order valence-corrected chi connectivity index (χ2v) is 3.64. The molecule has 0 amide bonds. The first-order valence-corrected chi connectivity index (χ1v) is 5.11. The van der Waals surface area contributed by atoms with Gasteiger partial charge in [-0.25, -0.2) is 4.79 Å². The van der Waals surface area contributed by atoms with Crippen molar-refractivity contribution < 1.29 is 14.6 Å². The van der Waals surface area contributed by atoms with E-state index in [1.54, 1.807) is 6.07 Å². The number of ether oxygens (including phenoxy) is 1. The van der Waals surface area contributed by atoms with Crippen LogP contribution >= 0.6 is 0 Å². The third-order valence-electron chi connectivity index (χ3n) is 2.67. The number of aromatic nitrogens is 2. The SMILES string of the molecule is CCn1nc([C@H]2CCOC2)cc1C(=O)O. The van der Waals surface area contributed by atoms with E-state index < -0.39 is 5.97 Å². The zero-order valence-electron chi connectivity index (χ0n) is 8.64. The molecular formula is C10H14N2O3. The van der Waals surface area contributed by atoms with Crippen LogP contribution in [0.2, 0.25) is 0 Å². The van der Waals surface area contributed by atoms with Crippen molar-refractivity contribution in [3.63, 3.8) is 0 Å². The zero-order valence-corrected chi connectivity index (χ0v) is 8.64. The highest BCUT2D eigenvalue weighted by molar-refractivity contribution is 5.85. The largest absolute Gasteiger partial charge is 0.477 e. The molecule has 1 aliphatic rings. The molecule has 1 aliphatic heterocycles. The molecule has 0 radical (unpaired) electrons. The molecule has 0 aliphatic carbocycles. The fourth-order valence-electron chi connectivity index (χ4n) is 1.82. The molecule has 1 atom stereocenters. The van der Waals surface area contributed by atoms with Crippen LogP contribution in [0.25, 0.3) is 0 Å². The molecule has 1 saturated heterocycles. The third-order valence-corrected chi connectivity index (χ3v) is 2.67. The van der Waals surface area contributed by atoms with Gasteiger partial charge in [0.1, 0.15) is 5.69 Å².